The van der Waals surface area contributed by atoms with E-state index in [1.165, 1.54) is 6.07 Å². The number of rotatable bonds is 7. The van der Waals surface area contributed by atoms with Crippen LogP contribution in [-0.2, 0) is 42.4 Å². The summed E-state index contributed by atoms with van der Waals surface area (Å²) in [6.45, 7) is 0.0296. The van der Waals surface area contributed by atoms with Crippen molar-refractivity contribution in [2.24, 2.45) is 0 Å². The second-order valence-electron chi connectivity index (χ2n) is 3.25. The summed E-state index contributed by atoms with van der Waals surface area (Å²) < 4.78 is 41.6. The normalized spacial score (nSPS) is 10.7. The van der Waals surface area contributed by atoms with Crippen molar-refractivity contribution in [2.75, 3.05) is 0 Å². The summed E-state index contributed by atoms with van der Waals surface area (Å²) in [5, 5.41) is 0. The Labute approximate surface area is 103 Å². The largest absolute Gasteiger partial charge is 0.744 e. The van der Waals surface area contributed by atoms with Gasteiger partial charge in [0.05, 0.1) is 4.90 Å². The number of carbonyl (C=O) groups excluding carboxylic acids is 2. The molecule has 0 saturated heterocycles. The molecule has 0 unspecified atom stereocenters. The van der Waals surface area contributed by atoms with Crippen LogP contribution in [0.5, 0.6) is 0 Å². The van der Waals surface area contributed by atoms with Crippen molar-refractivity contribution in [1.29, 1.82) is 0 Å². The fourth-order valence-electron chi connectivity index (χ4n) is 1.30. The topological polar surface area (TPSA) is 110 Å². The Kier molecular flexibility index (Phi) is 4.81. The number of hydrogen-bond acceptors (Lipinski definition) is 7. The Balaban J connectivity index is 3.11. The van der Waals surface area contributed by atoms with Crippen LogP contribution in [0.15, 0.2) is 23.1 Å². The first-order valence-corrected chi connectivity index (χ1v) is 6.07. The Hall–Kier alpha value is -1.93. The molecule has 0 aliphatic carbocycles. The summed E-state index contributed by atoms with van der Waals surface area (Å²) in [7, 11) is -4.64. The van der Waals surface area contributed by atoms with Gasteiger partial charge in [-0.25, -0.2) is 8.42 Å². The highest BCUT2D eigenvalue weighted by Crippen LogP contribution is 2.16. The van der Waals surface area contributed by atoms with Gasteiger partial charge in [0.15, 0.2) is 0 Å². The standard InChI is InChI=1S/C10H10O7S/c11-6-16-4-8-1-9(5-17-7-12)3-10(2-8)18(13,14)15/h1-3,6-7H,4-5H2,(H,13,14,15)/p-1. The SMILES string of the molecule is O=COCc1cc(COC=O)cc(S(=O)(=O)[O-])c1. The second kappa shape index (κ2) is 6.12. The lowest BCUT2D eigenvalue weighted by Gasteiger charge is -2.11. The quantitative estimate of drug-likeness (QED) is 0.505. The van der Waals surface area contributed by atoms with E-state index in [1.807, 2.05) is 0 Å². The Morgan fingerprint density at radius 1 is 1.00 bits per heavy atom. The highest BCUT2D eigenvalue weighted by atomic mass is 32.2. The molecule has 0 aliphatic rings. The second-order valence-corrected chi connectivity index (χ2v) is 4.63. The van der Waals surface area contributed by atoms with Crippen molar-refractivity contribution in [2.45, 2.75) is 18.1 Å². The van der Waals surface area contributed by atoms with Gasteiger partial charge in [-0.15, -0.1) is 0 Å². The molecule has 0 N–H and O–H groups in total. The van der Waals surface area contributed by atoms with Crippen LogP contribution < -0.4 is 0 Å². The molecule has 0 amide bonds. The van der Waals surface area contributed by atoms with Gasteiger partial charge in [-0.1, -0.05) is 0 Å². The molecule has 0 bridgehead atoms. The molecule has 1 aromatic carbocycles. The molecule has 1 rings (SSSR count). The fraction of sp³-hybridized carbons (Fsp3) is 0.200. The molecular formula is C10H9O7S-. The molecule has 7 nitrogen and oxygen atoms in total. The van der Waals surface area contributed by atoms with E-state index in [4.69, 9.17) is 0 Å². The van der Waals surface area contributed by atoms with Crippen molar-refractivity contribution in [3.05, 3.63) is 29.3 Å². The van der Waals surface area contributed by atoms with Gasteiger partial charge in [-0.2, -0.15) is 0 Å². The van der Waals surface area contributed by atoms with Crippen LogP contribution in [-0.4, -0.2) is 25.9 Å². The Morgan fingerprint density at radius 2 is 1.44 bits per heavy atom. The van der Waals surface area contributed by atoms with Gasteiger partial charge in [0.2, 0.25) is 0 Å². The van der Waals surface area contributed by atoms with E-state index in [9.17, 15) is 22.6 Å². The molecule has 0 atom stereocenters. The zero-order valence-electron chi connectivity index (χ0n) is 9.07. The molecule has 0 spiro atoms. The average Bonchev–Trinajstić information content (AvgIpc) is 2.32. The van der Waals surface area contributed by atoms with Crippen LogP contribution >= 0.6 is 0 Å². The maximum Gasteiger partial charge on any atom is 0.293 e. The minimum Gasteiger partial charge on any atom is -0.744 e. The zero-order valence-corrected chi connectivity index (χ0v) is 9.88. The van der Waals surface area contributed by atoms with E-state index < -0.39 is 15.0 Å². The molecule has 1 aromatic rings. The lowest BCUT2D eigenvalue weighted by atomic mass is 10.1. The summed E-state index contributed by atoms with van der Waals surface area (Å²) in [5.74, 6) is 0. The van der Waals surface area contributed by atoms with Crippen LogP contribution in [0.2, 0.25) is 0 Å². The molecule has 8 heteroatoms. The van der Waals surface area contributed by atoms with Gasteiger partial charge < -0.3 is 14.0 Å². The van der Waals surface area contributed by atoms with Crippen molar-refractivity contribution < 1.29 is 32.0 Å². The predicted octanol–water partition coefficient (Wildman–Crippen LogP) is -0.0633. The van der Waals surface area contributed by atoms with Crippen molar-refractivity contribution >= 4 is 23.1 Å². The molecule has 98 valence electrons. The van der Waals surface area contributed by atoms with Crippen molar-refractivity contribution in [3.8, 4) is 0 Å². The predicted molar refractivity (Wildman–Crippen MR) is 56.1 cm³/mol. The third-order valence-electron chi connectivity index (χ3n) is 1.95. The molecule has 0 fully saturated rings. The fourth-order valence-corrected chi connectivity index (χ4v) is 1.89. The van der Waals surface area contributed by atoms with Crippen LogP contribution in [0.25, 0.3) is 0 Å². The van der Waals surface area contributed by atoms with Crippen LogP contribution in [0.4, 0.5) is 0 Å². The average molecular weight is 273 g/mol. The Bertz CT molecular complexity index is 505. The molecule has 18 heavy (non-hydrogen) atoms. The highest BCUT2D eigenvalue weighted by Gasteiger charge is 2.07. The lowest BCUT2D eigenvalue weighted by Crippen LogP contribution is -2.03. The molecular weight excluding hydrogens is 264 g/mol. The summed E-state index contributed by atoms with van der Waals surface area (Å²) in [5.41, 5.74) is 0.618. The Morgan fingerprint density at radius 3 is 1.78 bits per heavy atom. The van der Waals surface area contributed by atoms with E-state index in [2.05, 4.69) is 9.47 Å². The smallest absolute Gasteiger partial charge is 0.293 e. The summed E-state index contributed by atoms with van der Waals surface area (Å²) >= 11 is 0. The van der Waals surface area contributed by atoms with E-state index in [0.29, 0.717) is 11.1 Å². The molecule has 0 aromatic heterocycles. The van der Waals surface area contributed by atoms with E-state index in [1.54, 1.807) is 0 Å². The highest BCUT2D eigenvalue weighted by molar-refractivity contribution is 7.85. The number of ether oxygens (including phenoxy) is 2. The summed E-state index contributed by atoms with van der Waals surface area (Å²) in [4.78, 5) is 19.6. The van der Waals surface area contributed by atoms with Crippen molar-refractivity contribution in [1.82, 2.24) is 0 Å². The van der Waals surface area contributed by atoms with Gasteiger partial charge in [0.1, 0.15) is 23.3 Å². The maximum atomic E-state index is 10.9. The molecule has 0 aliphatic heterocycles. The molecule has 0 saturated carbocycles. The van der Waals surface area contributed by atoms with Crippen LogP contribution in [0.1, 0.15) is 11.1 Å². The van der Waals surface area contributed by atoms with Crippen LogP contribution in [0, 0.1) is 0 Å². The first-order chi connectivity index (χ1) is 8.47. The van der Waals surface area contributed by atoms with Gasteiger partial charge in [0, 0.05) is 0 Å². The summed E-state index contributed by atoms with van der Waals surface area (Å²) in [6.07, 6.45) is 0. The lowest BCUT2D eigenvalue weighted by molar-refractivity contribution is -0.130. The van der Waals surface area contributed by atoms with Gasteiger partial charge in [-0.3, -0.25) is 9.59 Å². The maximum absolute atomic E-state index is 10.9. The minimum absolute atomic E-state index is 0.180. The van der Waals surface area contributed by atoms with Gasteiger partial charge in [-0.05, 0) is 29.3 Å². The molecule has 0 radical (unpaired) electrons. The first kappa shape index (κ1) is 14.1. The van der Waals surface area contributed by atoms with Crippen molar-refractivity contribution in [3.63, 3.8) is 0 Å². The zero-order chi connectivity index (χ0) is 13.6. The van der Waals surface area contributed by atoms with Gasteiger partial charge >= 0.3 is 0 Å². The van der Waals surface area contributed by atoms with Gasteiger partial charge in [0.25, 0.3) is 12.9 Å². The van der Waals surface area contributed by atoms with E-state index >= 15 is 0 Å². The third-order valence-corrected chi connectivity index (χ3v) is 2.76. The monoisotopic (exact) mass is 273 g/mol. The number of hydrogen-bond donors (Lipinski definition) is 0. The van der Waals surface area contributed by atoms with E-state index in [0.717, 1.165) is 12.1 Å². The number of benzene rings is 1. The van der Waals surface area contributed by atoms with Crippen LogP contribution in [0.3, 0.4) is 0 Å². The molecule has 0 heterocycles. The van der Waals surface area contributed by atoms with E-state index in [-0.39, 0.29) is 26.2 Å². The summed E-state index contributed by atoms with van der Waals surface area (Å²) in [6, 6.07) is 3.65. The first-order valence-electron chi connectivity index (χ1n) is 4.66. The third kappa shape index (κ3) is 4.15. The number of carbonyl (C=O) groups is 2. The minimum atomic E-state index is -4.64.